The van der Waals surface area contributed by atoms with Crippen LogP contribution < -0.4 is 5.73 Å². The second-order valence-electron chi connectivity index (χ2n) is 2.58. The Labute approximate surface area is 98.0 Å². The van der Waals surface area contributed by atoms with E-state index in [1.54, 1.807) is 22.6 Å². The molecule has 0 saturated heterocycles. The van der Waals surface area contributed by atoms with E-state index in [0.29, 0.717) is 3.57 Å². The molecule has 0 aromatic carbocycles. The first kappa shape index (κ1) is 12.1. The molecule has 0 aliphatic carbocycles. The molecule has 1 heterocycles. The Morgan fingerprint density at radius 1 is 1.67 bits per heavy atom. The third kappa shape index (κ3) is 2.52. The zero-order chi connectivity index (χ0) is 11.6. The van der Waals surface area contributed by atoms with Crippen LogP contribution in [0.4, 0.5) is 14.6 Å². The van der Waals surface area contributed by atoms with Gasteiger partial charge in [-0.1, -0.05) is 0 Å². The molecule has 0 bridgehead atoms. The van der Waals surface area contributed by atoms with Crippen molar-refractivity contribution in [2.75, 3.05) is 12.8 Å². The van der Waals surface area contributed by atoms with Gasteiger partial charge >= 0.3 is 5.97 Å². The Bertz CT molecular complexity index is 398. The van der Waals surface area contributed by atoms with Crippen LogP contribution in [0.5, 0.6) is 0 Å². The van der Waals surface area contributed by atoms with Gasteiger partial charge in [-0.25, -0.2) is 18.6 Å². The van der Waals surface area contributed by atoms with Crippen LogP contribution in [0, 0.1) is 3.57 Å². The second kappa shape index (κ2) is 4.69. The van der Waals surface area contributed by atoms with Crippen molar-refractivity contribution in [2.45, 2.75) is 6.43 Å². The smallest absolute Gasteiger partial charge is 0.341 e. The van der Waals surface area contributed by atoms with E-state index < -0.39 is 18.1 Å². The zero-order valence-corrected chi connectivity index (χ0v) is 9.79. The highest BCUT2D eigenvalue weighted by Crippen LogP contribution is 2.26. The van der Waals surface area contributed by atoms with Gasteiger partial charge in [0.15, 0.2) is 0 Å². The Morgan fingerprint density at radius 3 is 2.73 bits per heavy atom. The fourth-order valence-corrected chi connectivity index (χ4v) is 1.83. The van der Waals surface area contributed by atoms with Gasteiger partial charge in [-0.05, 0) is 28.7 Å². The van der Waals surface area contributed by atoms with Crippen molar-refractivity contribution < 1.29 is 18.3 Å². The molecule has 0 saturated carbocycles. The van der Waals surface area contributed by atoms with E-state index in [9.17, 15) is 13.6 Å². The van der Waals surface area contributed by atoms with Gasteiger partial charge in [0.2, 0.25) is 0 Å². The number of esters is 1. The largest absolute Gasteiger partial charge is 0.465 e. The molecule has 4 nitrogen and oxygen atoms in total. The molecule has 1 aromatic rings. The number of aromatic nitrogens is 1. The first-order valence-corrected chi connectivity index (χ1v) is 4.87. The van der Waals surface area contributed by atoms with E-state index in [1.165, 1.54) is 6.07 Å². The molecule has 82 valence electrons. The Hall–Kier alpha value is -0.990. The van der Waals surface area contributed by atoms with Gasteiger partial charge < -0.3 is 10.5 Å². The highest BCUT2D eigenvalue weighted by Gasteiger charge is 2.24. The van der Waals surface area contributed by atoms with Gasteiger partial charge in [-0.2, -0.15) is 0 Å². The maximum atomic E-state index is 12.6. The molecule has 15 heavy (non-hydrogen) atoms. The number of carbonyl (C=O) groups is 1. The lowest BCUT2D eigenvalue weighted by atomic mass is 10.2. The summed E-state index contributed by atoms with van der Waals surface area (Å²) in [7, 11) is 1.12. The maximum absolute atomic E-state index is 12.6. The highest BCUT2D eigenvalue weighted by molar-refractivity contribution is 14.1. The normalized spacial score (nSPS) is 10.5. The minimum atomic E-state index is -2.86. The summed E-state index contributed by atoms with van der Waals surface area (Å²) in [5.41, 5.74) is 4.43. The van der Waals surface area contributed by atoms with Crippen LogP contribution in [0.15, 0.2) is 6.07 Å². The summed E-state index contributed by atoms with van der Waals surface area (Å²) in [6.07, 6.45) is -2.86. The summed E-state index contributed by atoms with van der Waals surface area (Å²) in [4.78, 5) is 14.7. The van der Waals surface area contributed by atoms with E-state index >= 15 is 0 Å². The Morgan fingerprint density at radius 2 is 2.27 bits per heavy atom. The van der Waals surface area contributed by atoms with Gasteiger partial charge in [0, 0.05) is 3.57 Å². The number of methoxy groups -OCH3 is 1. The lowest BCUT2D eigenvalue weighted by Gasteiger charge is -2.09. The molecule has 0 radical (unpaired) electrons. The first-order valence-electron chi connectivity index (χ1n) is 3.79. The molecule has 0 atom stereocenters. The number of hydrogen-bond acceptors (Lipinski definition) is 4. The van der Waals surface area contributed by atoms with Gasteiger partial charge in [-0.15, -0.1) is 0 Å². The number of hydrogen-bond donors (Lipinski definition) is 1. The molecular weight excluding hydrogens is 321 g/mol. The maximum Gasteiger partial charge on any atom is 0.341 e. The van der Waals surface area contributed by atoms with E-state index in [0.717, 1.165) is 7.11 Å². The van der Waals surface area contributed by atoms with Crippen molar-refractivity contribution in [3.05, 3.63) is 20.9 Å². The average Bonchev–Trinajstić information content (AvgIpc) is 2.15. The quantitative estimate of drug-likeness (QED) is 0.666. The van der Waals surface area contributed by atoms with Crippen LogP contribution in [-0.2, 0) is 4.74 Å². The minimum absolute atomic E-state index is 0.0534. The van der Waals surface area contributed by atoms with Gasteiger partial charge in [0.05, 0.1) is 7.11 Å². The van der Waals surface area contributed by atoms with Crippen molar-refractivity contribution in [2.24, 2.45) is 0 Å². The van der Waals surface area contributed by atoms with Crippen molar-refractivity contribution in [1.82, 2.24) is 4.98 Å². The van der Waals surface area contributed by atoms with Gasteiger partial charge in [0.1, 0.15) is 17.1 Å². The highest BCUT2D eigenvalue weighted by atomic mass is 127. The van der Waals surface area contributed by atoms with Crippen molar-refractivity contribution in [3.63, 3.8) is 0 Å². The third-order valence-electron chi connectivity index (χ3n) is 1.62. The SMILES string of the molecule is COC(=O)c1c(I)cc(N)nc1C(F)F. The lowest BCUT2D eigenvalue weighted by molar-refractivity contribution is 0.0586. The number of nitrogen functional groups attached to an aromatic ring is 1. The topological polar surface area (TPSA) is 65.2 Å². The van der Waals surface area contributed by atoms with Gasteiger partial charge in [0.25, 0.3) is 6.43 Å². The van der Waals surface area contributed by atoms with Crippen LogP contribution in [0.25, 0.3) is 0 Å². The molecule has 7 heteroatoms. The summed E-state index contributed by atoms with van der Waals surface area (Å²) in [6, 6.07) is 1.33. The van der Waals surface area contributed by atoms with Crippen LogP contribution in [0.2, 0.25) is 0 Å². The number of nitrogens with zero attached hydrogens (tertiary/aromatic N) is 1. The lowest BCUT2D eigenvalue weighted by Crippen LogP contribution is -2.12. The molecule has 0 aliphatic heterocycles. The minimum Gasteiger partial charge on any atom is -0.465 e. The fraction of sp³-hybridized carbons (Fsp3) is 0.250. The zero-order valence-electron chi connectivity index (χ0n) is 7.63. The molecule has 0 unspecified atom stereocenters. The molecule has 1 aromatic heterocycles. The van der Waals surface area contributed by atoms with Crippen molar-refractivity contribution in [3.8, 4) is 0 Å². The number of ether oxygens (including phenoxy) is 1. The van der Waals surface area contributed by atoms with E-state index in [1.807, 2.05) is 0 Å². The average molecular weight is 328 g/mol. The Kier molecular flexibility index (Phi) is 3.77. The standard InChI is InChI=1S/C8H7F2IN2O2/c1-15-8(14)5-3(11)2-4(12)13-6(5)7(9)10/h2,7H,1H3,(H2,12,13). The van der Waals surface area contributed by atoms with Crippen LogP contribution in [-0.4, -0.2) is 18.1 Å². The number of nitrogens with two attached hydrogens (primary N) is 1. The van der Waals surface area contributed by atoms with E-state index in [-0.39, 0.29) is 11.4 Å². The Balaban J connectivity index is 3.40. The number of rotatable bonds is 2. The summed E-state index contributed by atoms with van der Waals surface area (Å²) in [5, 5.41) is 0. The molecule has 0 fully saturated rings. The predicted octanol–water partition coefficient (Wildman–Crippen LogP) is 1.99. The molecule has 2 N–H and O–H groups in total. The number of pyridine rings is 1. The fourth-order valence-electron chi connectivity index (χ4n) is 1.01. The second-order valence-corrected chi connectivity index (χ2v) is 3.74. The monoisotopic (exact) mass is 328 g/mol. The number of anilines is 1. The number of halogens is 3. The van der Waals surface area contributed by atoms with Crippen LogP contribution >= 0.6 is 22.6 Å². The first-order chi connectivity index (χ1) is 6.97. The van der Waals surface area contributed by atoms with E-state index in [4.69, 9.17) is 5.73 Å². The molecule has 1 rings (SSSR count). The molecule has 0 spiro atoms. The van der Waals surface area contributed by atoms with Crippen LogP contribution in [0.3, 0.4) is 0 Å². The summed E-state index contributed by atoms with van der Waals surface area (Å²) < 4.78 is 29.8. The third-order valence-corrected chi connectivity index (χ3v) is 2.47. The van der Waals surface area contributed by atoms with Crippen molar-refractivity contribution >= 4 is 34.4 Å². The predicted molar refractivity (Wildman–Crippen MR) is 57.7 cm³/mol. The summed E-state index contributed by atoms with van der Waals surface area (Å²) in [6.45, 7) is 0. The summed E-state index contributed by atoms with van der Waals surface area (Å²) >= 11 is 1.73. The number of carbonyl (C=O) groups excluding carboxylic acids is 1. The molecule has 0 amide bonds. The van der Waals surface area contributed by atoms with Crippen LogP contribution in [0.1, 0.15) is 22.5 Å². The molecular formula is C8H7F2IN2O2. The molecule has 0 aliphatic rings. The summed E-state index contributed by atoms with van der Waals surface area (Å²) in [5.74, 6) is -0.899. The van der Waals surface area contributed by atoms with Gasteiger partial charge in [-0.3, -0.25) is 0 Å². The number of alkyl halides is 2. The van der Waals surface area contributed by atoms with Crippen molar-refractivity contribution in [1.29, 1.82) is 0 Å². The van der Waals surface area contributed by atoms with E-state index in [2.05, 4.69) is 9.72 Å².